The smallest absolute Gasteiger partial charge is 0.247 e. The van der Waals surface area contributed by atoms with Crippen LogP contribution in [0.2, 0.25) is 0 Å². The van der Waals surface area contributed by atoms with Gasteiger partial charge < -0.3 is 19.8 Å². The predicted octanol–water partition coefficient (Wildman–Crippen LogP) is 4.03. The Morgan fingerprint density at radius 3 is 2.44 bits per heavy atom. The van der Waals surface area contributed by atoms with Crippen LogP contribution < -0.4 is 4.90 Å². The predicted molar refractivity (Wildman–Crippen MR) is 155 cm³/mol. The number of amides is 3. The van der Waals surface area contributed by atoms with Crippen LogP contribution in [-0.2, 0) is 14.4 Å². The maximum Gasteiger partial charge on any atom is 0.247 e. The number of aliphatic hydroxyl groups excluding tert-OH is 1. The van der Waals surface area contributed by atoms with Gasteiger partial charge in [-0.25, -0.2) is 0 Å². The van der Waals surface area contributed by atoms with Gasteiger partial charge >= 0.3 is 0 Å². The molecule has 2 unspecified atom stereocenters. The first kappa shape index (κ1) is 28.0. The maximum absolute atomic E-state index is 14.5. The topological polar surface area (TPSA) is 81.2 Å². The molecule has 3 aliphatic heterocycles. The van der Waals surface area contributed by atoms with Crippen LogP contribution in [0, 0.1) is 11.8 Å². The van der Waals surface area contributed by atoms with Crippen molar-refractivity contribution in [1.82, 2.24) is 9.80 Å². The van der Waals surface area contributed by atoms with Gasteiger partial charge in [-0.1, -0.05) is 49.6 Å². The number of fused-ring (bicyclic) bond motifs is 1. The van der Waals surface area contributed by atoms with Crippen LogP contribution in [0.4, 0.5) is 5.69 Å². The minimum absolute atomic E-state index is 0.000282. The third-order valence-electron chi connectivity index (χ3n) is 9.15. The standard InChI is InChI=1S/C31H41N3O4S/c1-3-18-32(22-12-7-5-8-13-22)28(36)25-24-16-17-31(39-24)26(25)29(37)34(20-11-21-35)27(31)30(38)33(19-4-2)23-14-9-6-10-15-23/h3-5,7-8,12-13,23-27,35H,1-2,6,9-11,14-21H2/t24-,25+,26+,27?,31?/m1/s1. The van der Waals surface area contributed by atoms with Gasteiger partial charge in [0.25, 0.3) is 0 Å². The number of nitrogens with zero attached hydrogens (tertiary/aromatic N) is 3. The van der Waals surface area contributed by atoms with Crippen molar-refractivity contribution in [3.63, 3.8) is 0 Å². The Morgan fingerprint density at radius 1 is 1.05 bits per heavy atom. The molecule has 39 heavy (non-hydrogen) atoms. The lowest BCUT2D eigenvalue weighted by Gasteiger charge is -2.41. The van der Waals surface area contributed by atoms with E-state index < -0.39 is 22.6 Å². The van der Waals surface area contributed by atoms with Crippen molar-refractivity contribution in [3.8, 4) is 0 Å². The van der Waals surface area contributed by atoms with E-state index in [4.69, 9.17) is 0 Å². The minimum Gasteiger partial charge on any atom is -0.396 e. The van der Waals surface area contributed by atoms with Gasteiger partial charge in [0.05, 0.1) is 16.6 Å². The molecule has 0 radical (unpaired) electrons. The lowest BCUT2D eigenvalue weighted by atomic mass is 9.70. The fourth-order valence-electron chi connectivity index (χ4n) is 7.54. The van der Waals surface area contributed by atoms with E-state index in [0.717, 1.165) is 44.2 Å². The van der Waals surface area contributed by atoms with Gasteiger partial charge in [-0.15, -0.1) is 24.9 Å². The monoisotopic (exact) mass is 551 g/mol. The molecular weight excluding hydrogens is 510 g/mol. The molecule has 5 rings (SSSR count). The summed E-state index contributed by atoms with van der Waals surface area (Å²) in [5, 5.41) is 9.64. The van der Waals surface area contributed by atoms with Crippen LogP contribution in [0.1, 0.15) is 51.4 Å². The van der Waals surface area contributed by atoms with Crippen LogP contribution in [0.5, 0.6) is 0 Å². The average molecular weight is 552 g/mol. The van der Waals surface area contributed by atoms with Gasteiger partial charge in [0, 0.05) is 43.2 Å². The Labute approximate surface area is 236 Å². The van der Waals surface area contributed by atoms with Gasteiger partial charge in [-0.2, -0.15) is 0 Å². The summed E-state index contributed by atoms with van der Waals surface area (Å²) in [6.45, 7) is 8.88. The van der Waals surface area contributed by atoms with E-state index in [2.05, 4.69) is 13.2 Å². The first-order valence-corrected chi connectivity index (χ1v) is 15.3. The number of carbonyl (C=O) groups is 3. The molecule has 2 bridgehead atoms. The number of thioether (sulfide) groups is 1. The first-order valence-electron chi connectivity index (χ1n) is 14.5. The third-order valence-corrected chi connectivity index (χ3v) is 11.1. The highest BCUT2D eigenvalue weighted by Gasteiger charge is 2.74. The van der Waals surface area contributed by atoms with Gasteiger partial charge in [0.15, 0.2) is 0 Å². The number of carbonyl (C=O) groups excluding carboxylic acids is 3. The number of para-hydroxylation sites is 1. The van der Waals surface area contributed by atoms with Crippen molar-refractivity contribution in [3.05, 3.63) is 55.6 Å². The van der Waals surface area contributed by atoms with Gasteiger partial charge in [-0.05, 0) is 44.2 Å². The van der Waals surface area contributed by atoms with E-state index in [1.807, 2.05) is 35.2 Å². The largest absolute Gasteiger partial charge is 0.396 e. The molecule has 1 saturated carbocycles. The number of anilines is 1. The van der Waals surface area contributed by atoms with Gasteiger partial charge in [-0.3, -0.25) is 14.4 Å². The van der Waals surface area contributed by atoms with Gasteiger partial charge in [0.1, 0.15) is 6.04 Å². The molecular formula is C31H41N3O4S. The zero-order valence-corrected chi connectivity index (χ0v) is 23.6. The Bertz CT molecular complexity index is 1090. The number of hydrogen-bond donors (Lipinski definition) is 1. The Morgan fingerprint density at radius 2 is 1.77 bits per heavy atom. The van der Waals surface area contributed by atoms with Crippen molar-refractivity contribution in [2.75, 3.05) is 31.1 Å². The molecule has 5 atom stereocenters. The molecule has 0 aromatic heterocycles. The van der Waals surface area contributed by atoms with Crippen LogP contribution in [0.25, 0.3) is 0 Å². The van der Waals surface area contributed by atoms with E-state index in [-0.39, 0.29) is 35.6 Å². The number of rotatable bonds is 11. The van der Waals surface area contributed by atoms with Crippen molar-refractivity contribution < 1.29 is 19.5 Å². The lowest BCUT2D eigenvalue weighted by molar-refractivity contribution is -0.144. The van der Waals surface area contributed by atoms with E-state index in [1.54, 1.807) is 33.7 Å². The molecule has 3 saturated heterocycles. The quantitative estimate of drug-likeness (QED) is 0.420. The summed E-state index contributed by atoms with van der Waals surface area (Å²) in [6.07, 6.45) is 10.8. The highest BCUT2D eigenvalue weighted by Crippen LogP contribution is 2.66. The van der Waals surface area contributed by atoms with Gasteiger partial charge in [0.2, 0.25) is 17.7 Å². The minimum atomic E-state index is -0.626. The van der Waals surface area contributed by atoms with E-state index in [9.17, 15) is 19.5 Å². The molecule has 8 heteroatoms. The van der Waals surface area contributed by atoms with Crippen molar-refractivity contribution in [2.24, 2.45) is 11.8 Å². The molecule has 7 nitrogen and oxygen atoms in total. The summed E-state index contributed by atoms with van der Waals surface area (Å²) in [7, 11) is 0. The maximum atomic E-state index is 14.5. The number of aliphatic hydroxyl groups is 1. The summed E-state index contributed by atoms with van der Waals surface area (Å²) in [4.78, 5) is 48.4. The van der Waals surface area contributed by atoms with Crippen LogP contribution >= 0.6 is 11.8 Å². The lowest BCUT2D eigenvalue weighted by Crippen LogP contribution is -2.57. The van der Waals surface area contributed by atoms with Crippen molar-refractivity contribution in [2.45, 2.75) is 73.4 Å². The summed E-state index contributed by atoms with van der Waals surface area (Å²) in [6, 6.07) is 9.07. The van der Waals surface area contributed by atoms with Crippen molar-refractivity contribution in [1.29, 1.82) is 0 Å². The zero-order chi connectivity index (χ0) is 27.6. The highest BCUT2D eigenvalue weighted by atomic mass is 32.2. The molecule has 4 aliphatic rings. The second-order valence-electron chi connectivity index (χ2n) is 11.3. The molecule has 4 fully saturated rings. The zero-order valence-electron chi connectivity index (χ0n) is 22.7. The summed E-state index contributed by atoms with van der Waals surface area (Å²) >= 11 is 1.70. The average Bonchev–Trinajstić information content (AvgIpc) is 3.61. The summed E-state index contributed by atoms with van der Waals surface area (Å²) < 4.78 is -0.626. The second kappa shape index (κ2) is 11.9. The number of likely N-dealkylation sites (tertiary alicyclic amines) is 1. The van der Waals surface area contributed by atoms with E-state index in [1.165, 1.54) is 6.42 Å². The Balaban J connectivity index is 1.51. The first-order chi connectivity index (χ1) is 19.0. The normalized spacial score (nSPS) is 29.8. The molecule has 1 spiro atoms. The van der Waals surface area contributed by atoms with E-state index in [0.29, 0.717) is 26.1 Å². The SMILES string of the molecule is C=CCN(C(=O)[C@@H]1[C@H]2C(=O)N(CCCO)C(C(=O)N(CC=C)C3CCCCC3)C23CC[C@H]1S3)c1ccccc1. The van der Waals surface area contributed by atoms with Crippen LogP contribution in [0.15, 0.2) is 55.6 Å². The fraction of sp³-hybridized carbons (Fsp3) is 0.581. The van der Waals surface area contributed by atoms with Crippen LogP contribution in [0.3, 0.4) is 0 Å². The molecule has 1 aromatic carbocycles. The molecule has 210 valence electrons. The molecule has 1 N–H and O–H groups in total. The molecule has 1 aliphatic carbocycles. The second-order valence-corrected chi connectivity index (χ2v) is 12.9. The Hall–Kier alpha value is -2.58. The molecule has 3 amide bonds. The summed E-state index contributed by atoms with van der Waals surface area (Å²) in [5.74, 6) is -1.22. The van der Waals surface area contributed by atoms with Crippen molar-refractivity contribution >= 4 is 35.2 Å². The van der Waals surface area contributed by atoms with Crippen LogP contribution in [-0.4, -0.2) is 80.9 Å². The number of benzene rings is 1. The Kier molecular flexibility index (Phi) is 8.52. The molecule has 1 aromatic rings. The summed E-state index contributed by atoms with van der Waals surface area (Å²) in [5.41, 5.74) is 0.786. The molecule has 3 heterocycles. The highest BCUT2D eigenvalue weighted by molar-refractivity contribution is 8.02. The third kappa shape index (κ3) is 4.84. The fourth-order valence-corrected chi connectivity index (χ4v) is 9.75. The van der Waals surface area contributed by atoms with E-state index >= 15 is 0 Å². The number of hydrogen-bond acceptors (Lipinski definition) is 5.